The number of pyridine rings is 2. The van der Waals surface area contributed by atoms with Crippen LogP contribution in [0.4, 0.5) is 4.39 Å². The summed E-state index contributed by atoms with van der Waals surface area (Å²) in [5.41, 5.74) is 11.0. The van der Waals surface area contributed by atoms with E-state index in [1.807, 2.05) is 24.3 Å². The molecule has 10 rings (SSSR count). The van der Waals surface area contributed by atoms with Crippen LogP contribution in [-0.2, 0) is 25.5 Å². The Hall–Kier alpha value is -5.11. The van der Waals surface area contributed by atoms with E-state index in [4.69, 9.17) is 13.2 Å². The van der Waals surface area contributed by atoms with Gasteiger partial charge in [0, 0.05) is 57.1 Å². The molecule has 0 saturated heterocycles. The van der Waals surface area contributed by atoms with Crippen molar-refractivity contribution in [3.05, 3.63) is 161 Å². The molecule has 8 heteroatoms. The van der Waals surface area contributed by atoms with Crippen LogP contribution in [0.15, 0.2) is 115 Å². The molecule has 4 nitrogen and oxygen atoms in total. The van der Waals surface area contributed by atoms with Crippen molar-refractivity contribution in [2.24, 2.45) is 0 Å². The molecule has 58 heavy (non-hydrogen) atoms. The van der Waals surface area contributed by atoms with E-state index in [1.54, 1.807) is 18.3 Å². The Labute approximate surface area is 366 Å². The Bertz CT molecular complexity index is 3260. The number of rotatable bonds is 4. The van der Waals surface area contributed by atoms with Crippen molar-refractivity contribution in [2.45, 2.75) is 59.5 Å². The van der Waals surface area contributed by atoms with Crippen LogP contribution < -0.4 is 5.19 Å². The predicted octanol–water partition coefficient (Wildman–Crippen LogP) is 12.7. The number of para-hydroxylation sites is 2. The number of nitrogens with zero attached hydrogens (tertiary/aromatic N) is 4. The second kappa shape index (κ2) is 14.9. The van der Waals surface area contributed by atoms with Crippen molar-refractivity contribution in [1.82, 2.24) is 19.5 Å². The summed E-state index contributed by atoms with van der Waals surface area (Å²) in [6, 6.07) is 41.5. The van der Waals surface area contributed by atoms with Crippen LogP contribution in [0.1, 0.15) is 50.0 Å². The van der Waals surface area contributed by atoms with Crippen molar-refractivity contribution in [1.29, 1.82) is 0 Å². The molecule has 1 aliphatic rings. The van der Waals surface area contributed by atoms with Gasteiger partial charge in [-0.1, -0.05) is 106 Å². The average Bonchev–Trinajstić information content (AvgIpc) is 3.87. The minimum absolute atomic E-state index is 0. The van der Waals surface area contributed by atoms with E-state index in [0.29, 0.717) is 10.5 Å². The monoisotopic (exact) mass is 977 g/mol. The van der Waals surface area contributed by atoms with Crippen molar-refractivity contribution < 1.29 is 32.7 Å². The quantitative estimate of drug-likeness (QED) is 0.130. The molecule has 1 aliphatic carbocycles. The Morgan fingerprint density at radius 1 is 0.810 bits per heavy atom. The smallest absolute Gasteiger partial charge is 0.114 e. The van der Waals surface area contributed by atoms with Crippen LogP contribution >= 0.6 is 11.3 Å². The largest absolute Gasteiger partial charge is 0.333 e. The number of fused-ring (bicyclic) bond motifs is 7. The molecule has 4 aromatic heterocycles. The molecule has 0 atom stereocenters. The fraction of sp³-hybridized carbons (Fsp3) is 0.180. The molecule has 0 saturated carbocycles. The van der Waals surface area contributed by atoms with E-state index in [9.17, 15) is 4.39 Å². The van der Waals surface area contributed by atoms with Crippen LogP contribution in [0, 0.1) is 38.6 Å². The van der Waals surface area contributed by atoms with E-state index in [0.717, 1.165) is 49.6 Å². The van der Waals surface area contributed by atoms with Gasteiger partial charge in [-0.2, -0.15) is 11.3 Å². The number of aromatic nitrogens is 4. The van der Waals surface area contributed by atoms with Crippen molar-refractivity contribution >= 4 is 55.9 Å². The molecule has 9 aromatic rings. The molecule has 0 amide bonds. The Morgan fingerprint density at radius 2 is 1.62 bits per heavy atom. The third kappa shape index (κ3) is 6.86. The number of thiophene rings is 1. The van der Waals surface area contributed by atoms with Gasteiger partial charge in [0.2, 0.25) is 0 Å². The number of halogens is 1. The fourth-order valence-corrected chi connectivity index (χ4v) is 9.99. The van der Waals surface area contributed by atoms with Gasteiger partial charge in [0.15, 0.2) is 0 Å². The zero-order valence-electron chi connectivity index (χ0n) is 38.9. The van der Waals surface area contributed by atoms with Crippen molar-refractivity contribution in [2.75, 3.05) is 0 Å². The molecule has 0 bridgehead atoms. The fourth-order valence-electron chi connectivity index (χ4n) is 7.92. The summed E-state index contributed by atoms with van der Waals surface area (Å²) < 4.78 is 62.5. The zero-order chi connectivity index (χ0) is 44.8. The average molecular weight is 977 g/mol. The van der Waals surface area contributed by atoms with Gasteiger partial charge in [-0.25, -0.2) is 4.98 Å². The molecule has 291 valence electrons. The molecule has 0 aliphatic heterocycles. The van der Waals surface area contributed by atoms with E-state index in [-0.39, 0.29) is 42.3 Å². The van der Waals surface area contributed by atoms with Gasteiger partial charge in [0.05, 0.1) is 24.9 Å². The second-order valence-corrected chi connectivity index (χ2v) is 22.3. The van der Waals surface area contributed by atoms with Gasteiger partial charge >= 0.3 is 0 Å². The Morgan fingerprint density at radius 3 is 2.38 bits per heavy atom. The van der Waals surface area contributed by atoms with Gasteiger partial charge in [-0.05, 0) is 92.9 Å². The van der Waals surface area contributed by atoms with E-state index in [2.05, 4.69) is 128 Å². The summed E-state index contributed by atoms with van der Waals surface area (Å²) in [5, 5.41) is 3.15. The zero-order valence-corrected chi connectivity index (χ0v) is 37.1. The Balaban J connectivity index is 0.000000216. The first kappa shape index (κ1) is 32.8. The first-order chi connectivity index (χ1) is 29.7. The van der Waals surface area contributed by atoms with Gasteiger partial charge in [0.25, 0.3) is 0 Å². The molecule has 5 aromatic carbocycles. The molecule has 0 fully saturated rings. The first-order valence-electron chi connectivity index (χ1n) is 21.9. The molecule has 4 heterocycles. The second-order valence-electron chi connectivity index (χ2n) is 16.2. The Kier molecular flexibility index (Phi) is 8.44. The van der Waals surface area contributed by atoms with Gasteiger partial charge in [-0.3, -0.25) is 9.37 Å². The maximum atomic E-state index is 14.1. The van der Waals surface area contributed by atoms with Crippen molar-refractivity contribution in [3.8, 4) is 39.5 Å². The molecular formula is C50H43FIrN4SSi-2. The third-order valence-corrected chi connectivity index (χ3v) is 14.1. The molecule has 0 spiro atoms. The minimum atomic E-state index is -2.33. The van der Waals surface area contributed by atoms with E-state index >= 15 is 0 Å². The van der Waals surface area contributed by atoms with Crippen LogP contribution in [-0.4, -0.2) is 27.6 Å². The summed E-state index contributed by atoms with van der Waals surface area (Å²) in [7, 11) is -1.45. The number of aryl methyl sites for hydroxylation is 3. The van der Waals surface area contributed by atoms with Crippen LogP contribution in [0.2, 0.25) is 19.6 Å². The number of hydrogen-bond donors (Lipinski definition) is 0. The third-order valence-electron chi connectivity index (χ3n) is 11.0. The summed E-state index contributed by atoms with van der Waals surface area (Å²) in [6.45, 7) is 8.85. The summed E-state index contributed by atoms with van der Waals surface area (Å²) in [6.07, 6.45) is 1.77. The number of imidazole rings is 1. The SMILES string of the molecule is [2H]C([2H])([2H])c1c[c-]c(-c2ccc([Si](C)(C)C)cn2)c(F)c1.[2H]C([2H])([2H])c1ccc2c(n1)sc1c[c-]c(-c3nc4ccccc4n3-c3cc4c(cc3C)-c3ccccc3C4(C)C)cc12.[Ir]. The first-order valence-corrected chi connectivity index (χ1v) is 23.2. The van der Waals surface area contributed by atoms with Gasteiger partial charge < -0.3 is 9.55 Å². The molecule has 0 N–H and O–H groups in total. The molecular weight excluding hydrogens is 928 g/mol. The van der Waals surface area contributed by atoms with Crippen molar-refractivity contribution in [3.63, 3.8) is 0 Å². The van der Waals surface area contributed by atoms with E-state index in [1.165, 1.54) is 50.4 Å². The topological polar surface area (TPSA) is 43.6 Å². The maximum Gasteiger partial charge on any atom is 0.114 e. The number of benzene rings is 5. The summed E-state index contributed by atoms with van der Waals surface area (Å²) in [4.78, 5) is 14.6. The summed E-state index contributed by atoms with van der Waals surface area (Å²) in [5.74, 6) is 0.206. The van der Waals surface area contributed by atoms with E-state index < -0.39 is 27.6 Å². The molecule has 1 radical (unpaired) electrons. The normalized spacial score (nSPS) is 14.9. The summed E-state index contributed by atoms with van der Waals surface area (Å²) >= 11 is 1.49. The maximum absolute atomic E-state index is 14.1. The number of hydrogen-bond acceptors (Lipinski definition) is 4. The predicted molar refractivity (Wildman–Crippen MR) is 239 cm³/mol. The van der Waals surface area contributed by atoms with Gasteiger partial charge in [-0.15, -0.1) is 47.5 Å². The minimum Gasteiger partial charge on any atom is -0.333 e. The van der Waals surface area contributed by atoms with Gasteiger partial charge in [0.1, 0.15) is 4.83 Å². The van der Waals surface area contributed by atoms with Crippen LogP contribution in [0.25, 0.3) is 70.8 Å². The van der Waals surface area contributed by atoms with Crippen LogP contribution in [0.3, 0.4) is 0 Å². The standard InChI is InChI=1S/C35H26N3S.C15H17FNSi.Ir/c1-20-17-25-23-9-5-6-10-27(23)35(3,4)28(25)19-31(20)38-30-12-8-7-11-29(30)37-33(38)22-14-16-32-26(18-22)24-15-13-21(2)36-34(24)39-32;1-11-5-7-13(14(16)9-11)15-8-6-12(10-17-15)18(2,3)4;/h5-13,15-19H,1-4H3;5-6,8-10H,1-4H3;/q2*-1;/i2D3;1D3;. The molecule has 0 unspecified atom stereocenters. The van der Waals surface area contributed by atoms with Crippen LogP contribution in [0.5, 0.6) is 0 Å².